The van der Waals surface area contributed by atoms with Crippen LogP contribution in [0.3, 0.4) is 0 Å². The Morgan fingerprint density at radius 2 is 1.47 bits per heavy atom. The topological polar surface area (TPSA) is 234 Å². The Labute approximate surface area is 195 Å². The van der Waals surface area contributed by atoms with E-state index in [0.29, 0.717) is 5.56 Å². The minimum absolute atomic E-state index is 0.0392. The van der Waals surface area contributed by atoms with Gasteiger partial charge in [-0.2, -0.15) is 0 Å². The van der Waals surface area contributed by atoms with E-state index in [1.54, 1.807) is 26.0 Å². The largest absolute Gasteiger partial charge is 0.508 e. The Hall–Kier alpha value is -3.71. The lowest BCUT2D eigenvalue weighted by atomic mass is 10.0. The van der Waals surface area contributed by atoms with E-state index in [2.05, 4.69) is 16.0 Å². The molecule has 1 rings (SSSR count). The van der Waals surface area contributed by atoms with Crippen LogP contribution in [-0.4, -0.2) is 75.7 Å². The Kier molecular flexibility index (Phi) is 10.9. The minimum atomic E-state index is -1.58. The van der Waals surface area contributed by atoms with Gasteiger partial charge in [-0.1, -0.05) is 26.0 Å². The van der Waals surface area contributed by atoms with Gasteiger partial charge in [-0.3, -0.25) is 19.2 Å². The molecule has 0 fully saturated rings. The standard InChI is InChI=1S/C21H31N5O8/c1-10(2)17(20(32)25-15(9-27)21(33)34)26-19(31)14(8-16(23)29)24-18(30)13(22)7-11-3-5-12(28)6-4-11/h3-6,10,13-15,17,27-28H,7-9,22H2,1-2H3,(H2,23,29)(H,24,30)(H,25,32)(H,26,31)(H,33,34). The third-order valence-corrected chi connectivity index (χ3v) is 4.81. The third-order valence-electron chi connectivity index (χ3n) is 4.81. The number of carboxylic acid groups (broad SMARTS) is 1. The van der Waals surface area contributed by atoms with Crippen LogP contribution in [0, 0.1) is 5.92 Å². The molecule has 4 atom stereocenters. The number of aromatic hydroxyl groups is 1. The van der Waals surface area contributed by atoms with E-state index in [9.17, 15) is 29.1 Å². The van der Waals surface area contributed by atoms with Crippen molar-refractivity contribution < 1.29 is 39.3 Å². The second kappa shape index (κ2) is 13.1. The summed E-state index contributed by atoms with van der Waals surface area (Å²) < 4.78 is 0. The quantitative estimate of drug-likeness (QED) is 0.146. The second-order valence-electron chi connectivity index (χ2n) is 8.02. The third kappa shape index (κ3) is 9.03. The van der Waals surface area contributed by atoms with E-state index in [1.165, 1.54) is 12.1 Å². The number of benzene rings is 1. The predicted octanol–water partition coefficient (Wildman–Crippen LogP) is -2.68. The number of carboxylic acids is 1. The lowest BCUT2D eigenvalue weighted by Gasteiger charge is -2.26. The number of hydrogen-bond donors (Lipinski definition) is 8. The number of carbonyl (C=O) groups is 5. The maximum absolute atomic E-state index is 12.8. The SMILES string of the molecule is CC(C)C(NC(=O)C(CC(N)=O)NC(=O)C(N)Cc1ccc(O)cc1)C(=O)NC(CO)C(=O)O. The molecule has 0 saturated heterocycles. The highest BCUT2D eigenvalue weighted by Gasteiger charge is 2.32. The number of phenols is 1. The first-order valence-corrected chi connectivity index (χ1v) is 10.4. The maximum Gasteiger partial charge on any atom is 0.328 e. The zero-order chi connectivity index (χ0) is 26.0. The van der Waals surface area contributed by atoms with Crippen molar-refractivity contribution in [3.05, 3.63) is 29.8 Å². The van der Waals surface area contributed by atoms with Crippen LogP contribution < -0.4 is 27.4 Å². The maximum atomic E-state index is 12.8. The second-order valence-corrected chi connectivity index (χ2v) is 8.02. The van der Waals surface area contributed by atoms with E-state index in [-0.39, 0.29) is 12.2 Å². The van der Waals surface area contributed by atoms with Crippen molar-refractivity contribution in [3.63, 3.8) is 0 Å². The molecule has 188 valence electrons. The summed E-state index contributed by atoms with van der Waals surface area (Å²) in [4.78, 5) is 60.3. The first-order valence-electron chi connectivity index (χ1n) is 10.4. The molecule has 13 heteroatoms. The van der Waals surface area contributed by atoms with Gasteiger partial charge >= 0.3 is 5.97 Å². The van der Waals surface area contributed by atoms with Crippen LogP contribution >= 0.6 is 0 Å². The fourth-order valence-electron chi connectivity index (χ4n) is 2.90. The fraction of sp³-hybridized carbons (Fsp3) is 0.476. The van der Waals surface area contributed by atoms with E-state index in [4.69, 9.17) is 21.7 Å². The highest BCUT2D eigenvalue weighted by atomic mass is 16.4. The summed E-state index contributed by atoms with van der Waals surface area (Å²) in [5.74, 6) is -5.38. The lowest BCUT2D eigenvalue weighted by molar-refractivity contribution is -0.143. The Bertz CT molecular complexity index is 890. The van der Waals surface area contributed by atoms with Gasteiger partial charge in [-0.15, -0.1) is 0 Å². The first-order chi connectivity index (χ1) is 15.8. The normalized spacial score (nSPS) is 14.4. The van der Waals surface area contributed by atoms with Crippen LogP contribution in [0.5, 0.6) is 5.75 Å². The number of hydrogen-bond acceptors (Lipinski definition) is 8. The number of aliphatic hydroxyl groups is 1. The van der Waals surface area contributed by atoms with Crippen LogP contribution in [-0.2, 0) is 30.4 Å². The number of rotatable bonds is 13. The number of carbonyl (C=O) groups excluding carboxylic acids is 4. The predicted molar refractivity (Wildman–Crippen MR) is 119 cm³/mol. The van der Waals surface area contributed by atoms with Crippen LogP contribution in [0.1, 0.15) is 25.8 Å². The number of primary amides is 1. The van der Waals surface area contributed by atoms with Crippen molar-refractivity contribution >= 4 is 29.6 Å². The van der Waals surface area contributed by atoms with Gasteiger partial charge in [0.1, 0.15) is 23.9 Å². The minimum Gasteiger partial charge on any atom is -0.508 e. The number of aliphatic carboxylic acids is 1. The van der Waals surface area contributed by atoms with Gasteiger partial charge < -0.3 is 42.7 Å². The van der Waals surface area contributed by atoms with E-state index in [1.807, 2.05) is 0 Å². The summed E-state index contributed by atoms with van der Waals surface area (Å²) in [5, 5.41) is 34.2. The smallest absolute Gasteiger partial charge is 0.328 e. The zero-order valence-electron chi connectivity index (χ0n) is 18.9. The Morgan fingerprint density at radius 3 is 1.94 bits per heavy atom. The molecule has 0 saturated carbocycles. The van der Waals surface area contributed by atoms with Gasteiger partial charge in [0.05, 0.1) is 19.1 Å². The Morgan fingerprint density at radius 1 is 0.912 bits per heavy atom. The molecule has 0 heterocycles. The summed E-state index contributed by atoms with van der Waals surface area (Å²) in [6, 6.07) is 0.620. The number of amides is 4. The number of aliphatic hydroxyl groups excluding tert-OH is 1. The molecule has 13 nitrogen and oxygen atoms in total. The molecule has 0 aliphatic rings. The Balaban J connectivity index is 2.91. The molecule has 34 heavy (non-hydrogen) atoms. The molecular formula is C21H31N5O8. The summed E-state index contributed by atoms with van der Waals surface area (Å²) >= 11 is 0. The van der Waals surface area contributed by atoms with Crippen LogP contribution in [0.2, 0.25) is 0 Å². The summed E-state index contributed by atoms with van der Waals surface area (Å²) in [6.45, 7) is 2.29. The molecule has 0 aliphatic carbocycles. The molecule has 1 aromatic rings. The van der Waals surface area contributed by atoms with Crippen molar-refractivity contribution in [1.29, 1.82) is 0 Å². The molecule has 4 unspecified atom stereocenters. The molecule has 0 radical (unpaired) electrons. The van der Waals surface area contributed by atoms with Crippen LogP contribution in [0.4, 0.5) is 0 Å². The molecule has 0 spiro atoms. The van der Waals surface area contributed by atoms with Gasteiger partial charge in [-0.05, 0) is 30.0 Å². The van der Waals surface area contributed by atoms with Gasteiger partial charge in [0.15, 0.2) is 0 Å². The van der Waals surface area contributed by atoms with E-state index >= 15 is 0 Å². The first kappa shape index (κ1) is 28.3. The lowest BCUT2D eigenvalue weighted by Crippen LogP contribution is -2.59. The molecule has 0 aromatic heterocycles. The van der Waals surface area contributed by atoms with Crippen molar-refractivity contribution in [1.82, 2.24) is 16.0 Å². The van der Waals surface area contributed by atoms with Gasteiger partial charge in [0.25, 0.3) is 0 Å². The molecule has 0 aliphatic heterocycles. The summed E-state index contributed by atoms with van der Waals surface area (Å²) in [5.41, 5.74) is 11.7. The summed E-state index contributed by atoms with van der Waals surface area (Å²) in [6.07, 6.45) is -0.504. The van der Waals surface area contributed by atoms with Crippen molar-refractivity contribution in [2.75, 3.05) is 6.61 Å². The van der Waals surface area contributed by atoms with E-state index in [0.717, 1.165) is 0 Å². The number of nitrogens with one attached hydrogen (secondary N) is 3. The zero-order valence-corrected chi connectivity index (χ0v) is 18.9. The van der Waals surface area contributed by atoms with Gasteiger partial charge in [-0.25, -0.2) is 4.79 Å². The highest BCUT2D eigenvalue weighted by Crippen LogP contribution is 2.11. The van der Waals surface area contributed by atoms with Gasteiger partial charge in [0.2, 0.25) is 23.6 Å². The van der Waals surface area contributed by atoms with E-state index < -0.39 is 72.7 Å². The highest BCUT2D eigenvalue weighted by molar-refractivity contribution is 5.96. The van der Waals surface area contributed by atoms with Crippen LogP contribution in [0.15, 0.2) is 24.3 Å². The van der Waals surface area contributed by atoms with Crippen molar-refractivity contribution in [2.45, 2.75) is 50.9 Å². The van der Waals surface area contributed by atoms with Crippen molar-refractivity contribution in [3.8, 4) is 5.75 Å². The average molecular weight is 482 g/mol. The molecule has 1 aromatic carbocycles. The average Bonchev–Trinajstić information content (AvgIpc) is 2.75. The molecular weight excluding hydrogens is 450 g/mol. The fourth-order valence-corrected chi connectivity index (χ4v) is 2.90. The molecule has 4 amide bonds. The number of phenolic OH excluding ortho intramolecular Hbond substituents is 1. The van der Waals surface area contributed by atoms with Crippen molar-refractivity contribution in [2.24, 2.45) is 17.4 Å². The molecule has 10 N–H and O–H groups in total. The summed E-state index contributed by atoms with van der Waals surface area (Å²) in [7, 11) is 0. The molecule has 0 bridgehead atoms. The van der Waals surface area contributed by atoms with Crippen LogP contribution in [0.25, 0.3) is 0 Å². The van der Waals surface area contributed by atoms with Gasteiger partial charge in [0, 0.05) is 0 Å². The monoisotopic (exact) mass is 481 g/mol. The number of nitrogens with two attached hydrogens (primary N) is 2.